The lowest BCUT2D eigenvalue weighted by Crippen LogP contribution is -2.52. The molecule has 0 unspecified atom stereocenters. The fourth-order valence-electron chi connectivity index (χ4n) is 0.653. The van der Waals surface area contributed by atoms with Gasteiger partial charge in [-0.15, -0.1) is 0 Å². The van der Waals surface area contributed by atoms with Crippen LogP contribution in [-0.4, -0.2) is 24.2 Å². The highest BCUT2D eigenvalue weighted by molar-refractivity contribution is 8.24. The van der Waals surface area contributed by atoms with Gasteiger partial charge in [0.15, 0.2) is 0 Å². The molecule has 0 bridgehead atoms. The van der Waals surface area contributed by atoms with Crippen LogP contribution in [0.5, 0.6) is 0 Å². The van der Waals surface area contributed by atoms with E-state index < -0.39 is 46.2 Å². The van der Waals surface area contributed by atoms with Crippen molar-refractivity contribution in [1.29, 1.82) is 0 Å². The SMILES string of the molecule is FC(F)(F)/C(=C\C(F)(C(F)(F)F)C(F)(F)F)SCl. The number of alkyl halides is 10. The molecule has 0 aromatic rings. The molecule has 0 saturated carbocycles. The lowest BCUT2D eigenvalue weighted by Gasteiger charge is -2.27. The van der Waals surface area contributed by atoms with Crippen LogP contribution in [0.1, 0.15) is 0 Å². The lowest BCUT2D eigenvalue weighted by atomic mass is 10.0. The van der Waals surface area contributed by atoms with E-state index in [-0.39, 0.29) is 0 Å². The molecule has 12 heteroatoms. The second-order valence-electron chi connectivity index (χ2n) is 2.79. The van der Waals surface area contributed by atoms with Crippen molar-refractivity contribution in [3.63, 3.8) is 0 Å². The van der Waals surface area contributed by atoms with Crippen LogP contribution in [0.2, 0.25) is 0 Å². The highest BCUT2D eigenvalue weighted by Gasteiger charge is 2.72. The van der Waals surface area contributed by atoms with Crippen LogP contribution in [0.4, 0.5) is 43.9 Å². The first-order valence-corrected chi connectivity index (χ1v) is 5.22. The largest absolute Gasteiger partial charge is 0.435 e. The molecule has 0 aromatic heterocycles. The molecule has 0 saturated heterocycles. The maximum Gasteiger partial charge on any atom is 0.435 e. The molecule has 0 fully saturated rings. The van der Waals surface area contributed by atoms with Crippen molar-refractivity contribution in [3.8, 4) is 0 Å². The third-order valence-corrected chi connectivity index (χ3v) is 2.53. The number of rotatable bonds is 2. The van der Waals surface area contributed by atoms with Crippen LogP contribution in [0, 0.1) is 0 Å². The van der Waals surface area contributed by atoms with Gasteiger partial charge in [0.2, 0.25) is 0 Å². The van der Waals surface area contributed by atoms with E-state index in [2.05, 4.69) is 10.7 Å². The summed E-state index contributed by atoms with van der Waals surface area (Å²) in [6, 6.07) is 0. The molecule has 18 heavy (non-hydrogen) atoms. The van der Waals surface area contributed by atoms with Crippen molar-refractivity contribution in [3.05, 3.63) is 11.0 Å². The zero-order valence-electron chi connectivity index (χ0n) is 7.64. The van der Waals surface area contributed by atoms with E-state index >= 15 is 0 Å². The number of hydrogen-bond donors (Lipinski definition) is 0. The van der Waals surface area contributed by atoms with Gasteiger partial charge >= 0.3 is 24.2 Å². The summed E-state index contributed by atoms with van der Waals surface area (Å²) in [7, 11) is 3.49. The van der Waals surface area contributed by atoms with Gasteiger partial charge in [0.1, 0.15) is 4.91 Å². The summed E-state index contributed by atoms with van der Waals surface area (Å²) < 4.78 is 120. The molecular formula is C6HClF10S. The van der Waals surface area contributed by atoms with Crippen LogP contribution in [-0.2, 0) is 0 Å². The second kappa shape index (κ2) is 4.99. The van der Waals surface area contributed by atoms with Crippen LogP contribution in [0.3, 0.4) is 0 Å². The molecule has 0 nitrogen and oxygen atoms in total. The minimum absolute atomic E-state index is 0.996. The van der Waals surface area contributed by atoms with Gasteiger partial charge in [0.25, 0.3) is 0 Å². The normalized spacial score (nSPS) is 16.1. The molecule has 0 aliphatic heterocycles. The van der Waals surface area contributed by atoms with Gasteiger partial charge in [-0.25, -0.2) is 4.39 Å². The van der Waals surface area contributed by atoms with Gasteiger partial charge in [-0.3, -0.25) is 0 Å². The first-order chi connectivity index (χ1) is 7.67. The van der Waals surface area contributed by atoms with Gasteiger partial charge < -0.3 is 0 Å². The highest BCUT2D eigenvalue weighted by atomic mass is 35.7. The van der Waals surface area contributed by atoms with Crippen molar-refractivity contribution in [1.82, 2.24) is 0 Å². The zero-order valence-corrected chi connectivity index (χ0v) is 9.22. The van der Waals surface area contributed by atoms with E-state index in [9.17, 15) is 43.9 Å². The van der Waals surface area contributed by atoms with Crippen LogP contribution < -0.4 is 0 Å². The Morgan fingerprint density at radius 3 is 1.28 bits per heavy atom. The average Bonchev–Trinajstić information content (AvgIpc) is 2.07. The van der Waals surface area contributed by atoms with E-state index in [1.807, 2.05) is 0 Å². The van der Waals surface area contributed by atoms with Crippen LogP contribution in [0.25, 0.3) is 0 Å². The van der Waals surface area contributed by atoms with Gasteiger partial charge in [0, 0.05) is 0 Å². The zero-order chi connectivity index (χ0) is 15.0. The number of allylic oxidation sites excluding steroid dienone is 2. The highest BCUT2D eigenvalue weighted by Crippen LogP contribution is 2.50. The van der Waals surface area contributed by atoms with E-state index in [1.54, 1.807) is 0 Å². The molecule has 0 atom stereocenters. The Labute approximate surface area is 101 Å². The molecule has 0 amide bonds. The summed E-state index contributed by atoms with van der Waals surface area (Å²) >= 11 is 0. The Bertz CT molecular complexity index is 309. The predicted molar refractivity (Wildman–Crippen MR) is 43.5 cm³/mol. The molecule has 0 aliphatic carbocycles. The Balaban J connectivity index is 5.88. The standard InChI is InChI=1S/C6HClF10S/c7-18-2(4(9,10)11)1-3(8,5(12,13)14)6(15,16)17/h1H/b2-1+. The fourth-order valence-corrected chi connectivity index (χ4v) is 1.34. The Morgan fingerprint density at radius 1 is 0.778 bits per heavy atom. The Hall–Kier alpha value is -0.320. The molecular weight excluding hydrogens is 330 g/mol. The van der Waals surface area contributed by atoms with Gasteiger partial charge in [-0.1, -0.05) is 0 Å². The van der Waals surface area contributed by atoms with Crippen molar-refractivity contribution in [2.45, 2.75) is 24.2 Å². The summed E-state index contributed by atoms with van der Waals surface area (Å²) in [6.45, 7) is 0. The van der Waals surface area contributed by atoms with E-state index in [4.69, 9.17) is 0 Å². The molecule has 0 spiro atoms. The second-order valence-corrected chi connectivity index (χ2v) is 3.85. The van der Waals surface area contributed by atoms with Crippen molar-refractivity contribution in [2.75, 3.05) is 0 Å². The van der Waals surface area contributed by atoms with Gasteiger partial charge in [0.05, 0.1) is 0 Å². The summed E-state index contributed by atoms with van der Waals surface area (Å²) in [6.07, 6.45) is -20.5. The van der Waals surface area contributed by atoms with Crippen molar-refractivity contribution >= 4 is 21.7 Å². The molecule has 0 rings (SSSR count). The lowest BCUT2D eigenvalue weighted by molar-refractivity contribution is -0.322. The number of halogens is 11. The van der Waals surface area contributed by atoms with E-state index in [1.165, 1.54) is 0 Å². The Morgan fingerprint density at radius 2 is 1.11 bits per heavy atom. The maximum absolute atomic E-state index is 12.9. The molecule has 0 radical (unpaired) electrons. The molecule has 108 valence electrons. The summed E-state index contributed by atoms with van der Waals surface area (Å²) in [5.41, 5.74) is -6.13. The summed E-state index contributed by atoms with van der Waals surface area (Å²) in [4.78, 5) is -2.55. The summed E-state index contributed by atoms with van der Waals surface area (Å²) in [5.74, 6) is 0. The third-order valence-electron chi connectivity index (χ3n) is 1.52. The average molecular weight is 331 g/mol. The smallest absolute Gasteiger partial charge is 0.219 e. The minimum atomic E-state index is -6.60. The van der Waals surface area contributed by atoms with Crippen LogP contribution >= 0.6 is 21.7 Å². The van der Waals surface area contributed by atoms with E-state index in [0.717, 1.165) is 0 Å². The maximum atomic E-state index is 12.9. The van der Waals surface area contributed by atoms with Gasteiger partial charge in [-0.05, 0) is 27.7 Å². The first-order valence-electron chi connectivity index (χ1n) is 3.58. The fraction of sp³-hybridized carbons (Fsp3) is 0.667. The topological polar surface area (TPSA) is 0 Å². The molecule has 0 heterocycles. The first kappa shape index (κ1) is 17.7. The van der Waals surface area contributed by atoms with E-state index in [0.29, 0.717) is 0 Å². The minimum Gasteiger partial charge on any atom is -0.219 e. The Kier molecular flexibility index (Phi) is 4.90. The third kappa shape index (κ3) is 3.59. The summed E-state index contributed by atoms with van der Waals surface area (Å²) in [5, 5.41) is 0. The van der Waals surface area contributed by atoms with Crippen molar-refractivity contribution < 1.29 is 43.9 Å². The molecule has 0 N–H and O–H groups in total. The van der Waals surface area contributed by atoms with Gasteiger partial charge in [-0.2, -0.15) is 39.5 Å². The van der Waals surface area contributed by atoms with Crippen LogP contribution in [0.15, 0.2) is 11.0 Å². The molecule has 0 aliphatic rings. The monoisotopic (exact) mass is 330 g/mol. The number of hydrogen-bond acceptors (Lipinski definition) is 1. The quantitative estimate of drug-likeness (QED) is 0.631. The van der Waals surface area contributed by atoms with Crippen molar-refractivity contribution in [2.24, 2.45) is 0 Å². The predicted octanol–water partition coefficient (Wildman–Crippen LogP) is 5.15. The molecule has 0 aromatic carbocycles.